The van der Waals surface area contributed by atoms with Crippen LogP contribution in [0.3, 0.4) is 0 Å². The van der Waals surface area contributed by atoms with Crippen LogP contribution in [-0.4, -0.2) is 24.1 Å². The minimum absolute atomic E-state index is 0.172. The standard InChI is InChI=1S/C16H19BrO3/c1-10(2)15-9-16(5-6-19-15)8-13(18)12-4-3-11(17)7-14(12)20-16/h3-4,7,10,15H,5-6,8-9H2,1-2H3. The molecule has 0 radical (unpaired) electrons. The fraction of sp³-hybridized carbons (Fsp3) is 0.562. The third-order valence-electron chi connectivity index (χ3n) is 4.26. The number of ketones is 1. The van der Waals surface area contributed by atoms with Gasteiger partial charge < -0.3 is 9.47 Å². The average molecular weight is 339 g/mol. The molecule has 0 amide bonds. The van der Waals surface area contributed by atoms with E-state index in [2.05, 4.69) is 29.8 Å². The lowest BCUT2D eigenvalue weighted by molar-refractivity contribution is -0.106. The highest BCUT2D eigenvalue weighted by atomic mass is 79.9. The van der Waals surface area contributed by atoms with E-state index in [0.717, 1.165) is 17.3 Å². The van der Waals surface area contributed by atoms with Gasteiger partial charge in [-0.1, -0.05) is 29.8 Å². The van der Waals surface area contributed by atoms with Gasteiger partial charge in [-0.2, -0.15) is 0 Å². The molecule has 2 aliphatic heterocycles. The minimum Gasteiger partial charge on any atom is -0.486 e. The van der Waals surface area contributed by atoms with E-state index in [-0.39, 0.29) is 17.5 Å². The van der Waals surface area contributed by atoms with Crippen molar-refractivity contribution in [2.45, 2.75) is 44.8 Å². The van der Waals surface area contributed by atoms with Crippen LogP contribution in [0, 0.1) is 5.92 Å². The van der Waals surface area contributed by atoms with Gasteiger partial charge in [-0.25, -0.2) is 0 Å². The van der Waals surface area contributed by atoms with E-state index in [4.69, 9.17) is 9.47 Å². The Labute approximate surface area is 127 Å². The van der Waals surface area contributed by atoms with Crippen molar-refractivity contribution in [1.82, 2.24) is 0 Å². The van der Waals surface area contributed by atoms with Gasteiger partial charge in [0.1, 0.15) is 11.4 Å². The number of hydrogen-bond donors (Lipinski definition) is 0. The number of benzene rings is 1. The van der Waals surface area contributed by atoms with E-state index >= 15 is 0 Å². The molecule has 1 spiro atoms. The summed E-state index contributed by atoms with van der Waals surface area (Å²) in [6.07, 6.45) is 2.22. The Bertz CT molecular complexity index is 541. The van der Waals surface area contributed by atoms with Gasteiger partial charge in [-0.3, -0.25) is 4.79 Å². The summed E-state index contributed by atoms with van der Waals surface area (Å²) in [7, 11) is 0. The summed E-state index contributed by atoms with van der Waals surface area (Å²) in [6, 6.07) is 5.63. The molecule has 2 atom stereocenters. The lowest BCUT2D eigenvalue weighted by Gasteiger charge is -2.44. The number of Topliss-reactive ketones (excluding diaryl/α,β-unsaturated/α-hetero) is 1. The molecule has 1 saturated heterocycles. The first-order valence-electron chi connectivity index (χ1n) is 7.12. The smallest absolute Gasteiger partial charge is 0.170 e. The van der Waals surface area contributed by atoms with Crippen molar-refractivity contribution < 1.29 is 14.3 Å². The van der Waals surface area contributed by atoms with E-state index < -0.39 is 0 Å². The summed E-state index contributed by atoms with van der Waals surface area (Å²) in [5, 5.41) is 0. The zero-order chi connectivity index (χ0) is 14.3. The van der Waals surface area contributed by atoms with Crippen LogP contribution in [0.5, 0.6) is 5.75 Å². The molecule has 0 aliphatic carbocycles. The summed E-state index contributed by atoms with van der Waals surface area (Å²) in [5.41, 5.74) is 0.323. The maximum atomic E-state index is 12.4. The molecular weight excluding hydrogens is 320 g/mol. The number of ether oxygens (including phenoxy) is 2. The highest BCUT2D eigenvalue weighted by molar-refractivity contribution is 9.10. The molecule has 3 nitrogen and oxygen atoms in total. The lowest BCUT2D eigenvalue weighted by atomic mass is 9.80. The van der Waals surface area contributed by atoms with Gasteiger partial charge >= 0.3 is 0 Å². The van der Waals surface area contributed by atoms with Gasteiger partial charge in [-0.05, 0) is 24.1 Å². The fourth-order valence-corrected chi connectivity index (χ4v) is 3.41. The fourth-order valence-electron chi connectivity index (χ4n) is 3.07. The van der Waals surface area contributed by atoms with Crippen molar-refractivity contribution in [3.63, 3.8) is 0 Å². The first kappa shape index (κ1) is 14.1. The van der Waals surface area contributed by atoms with Crippen LogP contribution < -0.4 is 4.74 Å². The Morgan fingerprint density at radius 1 is 1.40 bits per heavy atom. The Morgan fingerprint density at radius 2 is 2.20 bits per heavy atom. The predicted octanol–water partition coefficient (Wildman–Crippen LogP) is 3.99. The van der Waals surface area contributed by atoms with Crippen molar-refractivity contribution in [3.05, 3.63) is 28.2 Å². The van der Waals surface area contributed by atoms with Crippen molar-refractivity contribution in [2.24, 2.45) is 5.92 Å². The molecule has 2 aliphatic rings. The van der Waals surface area contributed by atoms with Gasteiger partial charge in [0.2, 0.25) is 0 Å². The Hall–Kier alpha value is -0.870. The van der Waals surface area contributed by atoms with Gasteiger partial charge in [0.15, 0.2) is 5.78 Å². The molecule has 3 rings (SSSR count). The molecule has 108 valence electrons. The SMILES string of the molecule is CC(C)C1CC2(CCO1)CC(=O)c1ccc(Br)cc1O2. The maximum absolute atomic E-state index is 12.4. The molecule has 0 aromatic heterocycles. The van der Waals surface area contributed by atoms with E-state index in [1.54, 1.807) is 0 Å². The molecule has 1 fully saturated rings. The highest BCUT2D eigenvalue weighted by Gasteiger charge is 2.45. The van der Waals surface area contributed by atoms with E-state index in [9.17, 15) is 4.79 Å². The first-order chi connectivity index (χ1) is 9.49. The molecule has 0 saturated carbocycles. The lowest BCUT2D eigenvalue weighted by Crippen LogP contribution is -2.50. The zero-order valence-corrected chi connectivity index (χ0v) is 13.4. The van der Waals surface area contributed by atoms with E-state index in [0.29, 0.717) is 30.3 Å². The second-order valence-electron chi connectivity index (χ2n) is 6.13. The summed E-state index contributed by atoms with van der Waals surface area (Å²) in [6.45, 7) is 4.97. The third kappa shape index (κ3) is 2.51. The summed E-state index contributed by atoms with van der Waals surface area (Å²) < 4.78 is 13.0. The van der Waals surface area contributed by atoms with Crippen LogP contribution in [0.2, 0.25) is 0 Å². The second-order valence-corrected chi connectivity index (χ2v) is 7.05. The van der Waals surface area contributed by atoms with Crippen molar-refractivity contribution >= 4 is 21.7 Å². The molecule has 2 heterocycles. The Morgan fingerprint density at radius 3 is 2.95 bits per heavy atom. The van der Waals surface area contributed by atoms with Crippen LogP contribution in [0.15, 0.2) is 22.7 Å². The highest BCUT2D eigenvalue weighted by Crippen LogP contribution is 2.42. The molecule has 0 bridgehead atoms. The number of carbonyl (C=O) groups is 1. The normalized spacial score (nSPS) is 29.4. The van der Waals surface area contributed by atoms with Crippen LogP contribution in [0.4, 0.5) is 0 Å². The number of carbonyl (C=O) groups excluding carboxylic acids is 1. The minimum atomic E-state index is -0.377. The number of fused-ring (bicyclic) bond motifs is 1. The van der Waals surface area contributed by atoms with Crippen LogP contribution in [0.1, 0.15) is 43.5 Å². The molecule has 20 heavy (non-hydrogen) atoms. The van der Waals surface area contributed by atoms with E-state index in [1.807, 2.05) is 18.2 Å². The predicted molar refractivity (Wildman–Crippen MR) is 80.3 cm³/mol. The largest absolute Gasteiger partial charge is 0.486 e. The maximum Gasteiger partial charge on any atom is 0.170 e. The molecule has 4 heteroatoms. The monoisotopic (exact) mass is 338 g/mol. The van der Waals surface area contributed by atoms with Crippen molar-refractivity contribution in [1.29, 1.82) is 0 Å². The molecule has 1 aromatic carbocycles. The Kier molecular flexibility index (Phi) is 3.63. The van der Waals surface area contributed by atoms with Gasteiger partial charge in [-0.15, -0.1) is 0 Å². The van der Waals surface area contributed by atoms with Crippen LogP contribution in [-0.2, 0) is 4.74 Å². The van der Waals surface area contributed by atoms with Crippen LogP contribution in [0.25, 0.3) is 0 Å². The number of rotatable bonds is 1. The molecule has 2 unspecified atom stereocenters. The van der Waals surface area contributed by atoms with E-state index in [1.165, 1.54) is 0 Å². The molecule has 0 N–H and O–H groups in total. The quantitative estimate of drug-likeness (QED) is 0.776. The van der Waals surface area contributed by atoms with Gasteiger partial charge in [0, 0.05) is 17.3 Å². The van der Waals surface area contributed by atoms with Gasteiger partial charge in [0.05, 0.1) is 24.7 Å². The third-order valence-corrected chi connectivity index (χ3v) is 4.75. The summed E-state index contributed by atoms with van der Waals surface area (Å²) >= 11 is 3.44. The number of halogens is 1. The topological polar surface area (TPSA) is 35.5 Å². The van der Waals surface area contributed by atoms with Crippen molar-refractivity contribution in [2.75, 3.05) is 6.61 Å². The van der Waals surface area contributed by atoms with Crippen molar-refractivity contribution in [3.8, 4) is 5.75 Å². The Balaban J connectivity index is 1.91. The second kappa shape index (κ2) is 5.15. The molecule has 1 aromatic rings. The van der Waals surface area contributed by atoms with Gasteiger partial charge in [0.25, 0.3) is 0 Å². The first-order valence-corrected chi connectivity index (χ1v) is 7.92. The number of hydrogen-bond acceptors (Lipinski definition) is 3. The average Bonchev–Trinajstić information content (AvgIpc) is 2.37. The zero-order valence-electron chi connectivity index (χ0n) is 11.8. The van der Waals surface area contributed by atoms with Crippen LogP contribution >= 0.6 is 15.9 Å². The summed E-state index contributed by atoms with van der Waals surface area (Å²) in [4.78, 5) is 12.4. The summed E-state index contributed by atoms with van der Waals surface area (Å²) in [5.74, 6) is 1.33. The molecular formula is C16H19BrO3.